The number of allylic oxidation sites excluding steroid dienone is 4. The van der Waals surface area contributed by atoms with Gasteiger partial charge in [0, 0.05) is 31.1 Å². The lowest BCUT2D eigenvalue weighted by molar-refractivity contribution is 0.0438. The van der Waals surface area contributed by atoms with Crippen LogP contribution in [0.1, 0.15) is 51.0 Å². The van der Waals surface area contributed by atoms with Gasteiger partial charge in [-0.3, -0.25) is 4.90 Å². The zero-order valence-corrected chi connectivity index (χ0v) is 17.6. The molecule has 0 amide bonds. The molecule has 4 atom stereocenters. The first-order chi connectivity index (χ1) is 13.4. The average Bonchev–Trinajstić information content (AvgIpc) is 2.70. The minimum Gasteiger partial charge on any atom is -0.390 e. The second kappa shape index (κ2) is 9.35. The fourth-order valence-electron chi connectivity index (χ4n) is 4.15. The zero-order valence-electron chi connectivity index (χ0n) is 16.8. The van der Waals surface area contributed by atoms with Gasteiger partial charge >= 0.3 is 0 Å². The van der Waals surface area contributed by atoms with Crippen molar-refractivity contribution in [3.05, 3.63) is 54.1 Å². The molecule has 0 radical (unpaired) electrons. The normalized spacial score (nSPS) is 27.0. The smallest absolute Gasteiger partial charge is 0.240 e. The maximum absolute atomic E-state index is 12.6. The Morgan fingerprint density at radius 2 is 1.82 bits per heavy atom. The van der Waals surface area contributed by atoms with Crippen LogP contribution in [0.3, 0.4) is 0 Å². The number of hydrogen-bond donors (Lipinski definition) is 2. The van der Waals surface area contributed by atoms with E-state index in [1.807, 2.05) is 24.3 Å². The minimum absolute atomic E-state index is 0.0240. The predicted molar refractivity (Wildman–Crippen MR) is 113 cm³/mol. The molecule has 1 saturated heterocycles. The van der Waals surface area contributed by atoms with Gasteiger partial charge in [0.1, 0.15) is 0 Å². The number of likely N-dealkylation sites (tertiary alicyclic amines) is 1. The highest BCUT2D eigenvalue weighted by molar-refractivity contribution is 7.89. The van der Waals surface area contributed by atoms with E-state index in [-0.39, 0.29) is 11.4 Å². The number of aliphatic hydroxyl groups is 1. The largest absolute Gasteiger partial charge is 0.390 e. The molecule has 1 aromatic rings. The van der Waals surface area contributed by atoms with Gasteiger partial charge in [-0.1, -0.05) is 42.9 Å². The first-order valence-corrected chi connectivity index (χ1v) is 11.7. The third-order valence-electron chi connectivity index (χ3n) is 5.91. The molecule has 5 nitrogen and oxygen atoms in total. The molecule has 0 aromatic heterocycles. The van der Waals surface area contributed by atoms with E-state index in [4.69, 9.17) is 0 Å². The molecule has 1 heterocycles. The van der Waals surface area contributed by atoms with E-state index in [2.05, 4.69) is 35.6 Å². The van der Waals surface area contributed by atoms with Crippen molar-refractivity contribution in [3.8, 4) is 0 Å². The summed E-state index contributed by atoms with van der Waals surface area (Å²) in [5.41, 5.74) is 1.10. The SMILES string of the molecule is C[C@@H]1CCC[C@H](C)N1C[C@@H](O)CNS(=O)(=O)c1ccc(C2C=CC=CC2)cc1. The number of rotatable bonds is 7. The molecule has 2 aliphatic rings. The predicted octanol–water partition coefficient (Wildman–Crippen LogP) is 3.19. The lowest BCUT2D eigenvalue weighted by atomic mass is 9.93. The third-order valence-corrected chi connectivity index (χ3v) is 7.35. The number of nitrogens with one attached hydrogen (secondary N) is 1. The van der Waals surface area contributed by atoms with Gasteiger partial charge in [0.05, 0.1) is 11.0 Å². The highest BCUT2D eigenvalue weighted by atomic mass is 32.2. The Hall–Kier alpha value is -1.47. The van der Waals surface area contributed by atoms with Crippen LogP contribution in [0.4, 0.5) is 0 Å². The molecule has 2 N–H and O–H groups in total. The second-order valence-corrected chi connectivity index (χ2v) is 9.82. The topological polar surface area (TPSA) is 69.6 Å². The molecule has 154 valence electrons. The summed E-state index contributed by atoms with van der Waals surface area (Å²) in [5.74, 6) is 0.296. The second-order valence-electron chi connectivity index (χ2n) is 8.06. The molecule has 1 aromatic carbocycles. The number of piperidine rings is 1. The Labute approximate surface area is 169 Å². The van der Waals surface area contributed by atoms with Crippen molar-refractivity contribution >= 4 is 10.0 Å². The molecule has 1 fully saturated rings. The highest BCUT2D eigenvalue weighted by Crippen LogP contribution is 2.25. The van der Waals surface area contributed by atoms with Crippen LogP contribution in [0.25, 0.3) is 0 Å². The van der Waals surface area contributed by atoms with Crippen LogP contribution in [-0.2, 0) is 10.0 Å². The van der Waals surface area contributed by atoms with Crippen LogP contribution < -0.4 is 4.72 Å². The first kappa shape index (κ1) is 21.2. The van der Waals surface area contributed by atoms with E-state index in [9.17, 15) is 13.5 Å². The molecule has 28 heavy (non-hydrogen) atoms. The number of benzene rings is 1. The maximum atomic E-state index is 12.6. The van der Waals surface area contributed by atoms with Gasteiger partial charge in [0.25, 0.3) is 0 Å². The third kappa shape index (κ3) is 5.32. The Balaban J connectivity index is 1.55. The highest BCUT2D eigenvalue weighted by Gasteiger charge is 2.27. The lowest BCUT2D eigenvalue weighted by Crippen LogP contribution is -2.49. The molecule has 0 spiro atoms. The van der Waals surface area contributed by atoms with E-state index >= 15 is 0 Å². The first-order valence-electron chi connectivity index (χ1n) is 10.2. The average molecular weight is 405 g/mol. The van der Waals surface area contributed by atoms with Crippen molar-refractivity contribution in [2.45, 2.75) is 68.5 Å². The van der Waals surface area contributed by atoms with Gasteiger partial charge in [-0.05, 0) is 50.8 Å². The molecule has 0 saturated carbocycles. The summed E-state index contributed by atoms with van der Waals surface area (Å²) in [7, 11) is -3.63. The van der Waals surface area contributed by atoms with Crippen molar-refractivity contribution in [2.75, 3.05) is 13.1 Å². The van der Waals surface area contributed by atoms with Crippen LogP contribution in [0.2, 0.25) is 0 Å². The summed E-state index contributed by atoms with van der Waals surface area (Å²) in [4.78, 5) is 2.52. The van der Waals surface area contributed by atoms with Crippen LogP contribution >= 0.6 is 0 Å². The fraction of sp³-hybridized carbons (Fsp3) is 0.545. The summed E-state index contributed by atoms with van der Waals surface area (Å²) in [6.45, 7) is 4.86. The fourth-order valence-corrected chi connectivity index (χ4v) is 5.23. The van der Waals surface area contributed by atoms with Gasteiger partial charge in [-0.25, -0.2) is 13.1 Å². The van der Waals surface area contributed by atoms with Crippen LogP contribution in [0.5, 0.6) is 0 Å². The quantitative estimate of drug-likeness (QED) is 0.732. The summed E-state index contributed by atoms with van der Waals surface area (Å²) in [6.07, 6.45) is 12.0. The number of aliphatic hydroxyl groups excluding tert-OH is 1. The Morgan fingerprint density at radius 1 is 1.14 bits per heavy atom. The number of hydrogen-bond acceptors (Lipinski definition) is 4. The molecule has 0 bridgehead atoms. The molecule has 3 rings (SSSR count). The summed E-state index contributed by atoms with van der Waals surface area (Å²) >= 11 is 0. The van der Waals surface area contributed by atoms with Crippen molar-refractivity contribution in [1.29, 1.82) is 0 Å². The van der Waals surface area contributed by atoms with Crippen LogP contribution in [0.15, 0.2) is 53.5 Å². The van der Waals surface area contributed by atoms with E-state index in [1.165, 1.54) is 6.42 Å². The van der Waals surface area contributed by atoms with Crippen LogP contribution in [-0.4, -0.2) is 49.7 Å². The minimum atomic E-state index is -3.63. The van der Waals surface area contributed by atoms with Crippen molar-refractivity contribution in [1.82, 2.24) is 9.62 Å². The molecular weight excluding hydrogens is 372 g/mol. The van der Waals surface area contributed by atoms with Gasteiger partial charge in [0.15, 0.2) is 0 Å². The molecule has 1 aliphatic carbocycles. The van der Waals surface area contributed by atoms with E-state index in [1.54, 1.807) is 12.1 Å². The van der Waals surface area contributed by atoms with Crippen molar-refractivity contribution in [2.24, 2.45) is 0 Å². The standard InChI is InChI=1S/C22H32N2O3S/c1-17-7-6-8-18(2)24(17)16-21(25)15-23-28(26,27)22-13-11-20(12-14-22)19-9-4-3-5-10-19/h3-5,9,11-14,17-19,21,23,25H,6-8,10,15-16H2,1-2H3/t17-,18+,19?,21-/m0/s1. The number of sulfonamides is 1. The Kier molecular flexibility index (Phi) is 7.10. The van der Waals surface area contributed by atoms with Crippen molar-refractivity contribution in [3.63, 3.8) is 0 Å². The van der Waals surface area contributed by atoms with Gasteiger partial charge in [0.2, 0.25) is 10.0 Å². The van der Waals surface area contributed by atoms with Crippen LogP contribution in [0, 0.1) is 0 Å². The summed E-state index contributed by atoms with van der Waals surface area (Å²) in [5, 5.41) is 10.4. The number of β-amino-alcohol motifs (C(OH)–C–C–N with tert-alkyl or cyclic N) is 1. The molecule has 1 aliphatic heterocycles. The Morgan fingerprint density at radius 3 is 2.43 bits per heavy atom. The van der Waals surface area contributed by atoms with E-state index < -0.39 is 16.1 Å². The van der Waals surface area contributed by atoms with Gasteiger partial charge in [-0.2, -0.15) is 0 Å². The van der Waals surface area contributed by atoms with Gasteiger partial charge < -0.3 is 5.11 Å². The number of nitrogens with zero attached hydrogens (tertiary/aromatic N) is 1. The van der Waals surface area contributed by atoms with E-state index in [0.29, 0.717) is 24.5 Å². The van der Waals surface area contributed by atoms with E-state index in [0.717, 1.165) is 24.8 Å². The monoisotopic (exact) mass is 404 g/mol. The Bertz CT molecular complexity index is 792. The lowest BCUT2D eigenvalue weighted by Gasteiger charge is -2.40. The van der Waals surface area contributed by atoms with Crippen molar-refractivity contribution < 1.29 is 13.5 Å². The summed E-state index contributed by atoms with van der Waals surface area (Å²) in [6, 6.07) is 7.88. The summed E-state index contributed by atoms with van der Waals surface area (Å²) < 4.78 is 27.7. The zero-order chi connectivity index (χ0) is 20.1. The molecule has 1 unspecified atom stereocenters. The van der Waals surface area contributed by atoms with Gasteiger partial charge in [-0.15, -0.1) is 0 Å². The molecular formula is C22H32N2O3S. The maximum Gasteiger partial charge on any atom is 0.240 e. The molecule has 6 heteroatoms.